The highest BCUT2D eigenvalue weighted by molar-refractivity contribution is 7.99. The third kappa shape index (κ3) is 4.08. The number of aryl methyl sites for hydroxylation is 2. The highest BCUT2D eigenvalue weighted by Gasteiger charge is 2.18. The molecule has 0 amide bonds. The number of fused-ring (bicyclic) bond motifs is 1. The number of halogens is 2. The molecule has 0 aromatic heterocycles. The molecule has 1 aliphatic rings. The maximum Gasteiger partial charge on any atom is 0.288 e. The number of rotatable bonds is 5. The van der Waals surface area contributed by atoms with Crippen LogP contribution in [0.5, 0.6) is 0 Å². The van der Waals surface area contributed by atoms with E-state index in [1.165, 1.54) is 29.8 Å². The average molecular weight is 369 g/mol. The largest absolute Gasteiger partial charge is 0.288 e. The first-order valence-electron chi connectivity index (χ1n) is 7.63. The fraction of sp³-hybridized carbons (Fsp3) is 0.294. The van der Waals surface area contributed by atoms with Crippen LogP contribution in [0.15, 0.2) is 52.3 Å². The number of hydrogen-bond donors (Lipinski definition) is 1. The van der Waals surface area contributed by atoms with Gasteiger partial charge < -0.3 is 0 Å². The Hall–Kier alpha value is -1.60. The Morgan fingerprint density at radius 2 is 1.62 bits per heavy atom. The van der Waals surface area contributed by atoms with Gasteiger partial charge in [0.1, 0.15) is 0 Å². The summed E-state index contributed by atoms with van der Waals surface area (Å²) in [5, 5.41) is 0. The van der Waals surface area contributed by atoms with E-state index in [0.717, 1.165) is 31.2 Å². The van der Waals surface area contributed by atoms with Crippen LogP contribution in [-0.2, 0) is 22.9 Å². The first kappa shape index (κ1) is 17.2. The van der Waals surface area contributed by atoms with Crippen LogP contribution in [0.25, 0.3) is 0 Å². The summed E-state index contributed by atoms with van der Waals surface area (Å²) in [6, 6.07) is 11.2. The maximum atomic E-state index is 12.5. The molecule has 0 saturated heterocycles. The molecule has 0 spiro atoms. The van der Waals surface area contributed by atoms with Gasteiger partial charge >= 0.3 is 0 Å². The second kappa shape index (κ2) is 7.11. The van der Waals surface area contributed by atoms with Crippen LogP contribution in [0, 0.1) is 0 Å². The molecule has 3 nitrogen and oxygen atoms in total. The van der Waals surface area contributed by atoms with Crippen LogP contribution >= 0.6 is 11.8 Å². The topological polar surface area (TPSA) is 46.2 Å². The molecule has 0 fully saturated rings. The number of sulfonamides is 1. The van der Waals surface area contributed by atoms with Gasteiger partial charge in [0.2, 0.25) is 0 Å². The van der Waals surface area contributed by atoms with E-state index in [1.54, 1.807) is 12.1 Å². The standard InChI is InChI=1S/C17H17F2NO2S2/c18-17(19)23-15-8-6-14(7-9-15)20-24(21,22)16-10-5-12-3-1-2-4-13(12)11-16/h5-11,17,20H,1-4H2. The zero-order valence-electron chi connectivity index (χ0n) is 12.8. The number of alkyl halides is 2. The molecule has 0 bridgehead atoms. The molecule has 2 aromatic carbocycles. The Morgan fingerprint density at radius 3 is 2.29 bits per heavy atom. The summed E-state index contributed by atoms with van der Waals surface area (Å²) in [5.41, 5.74) is 2.66. The van der Waals surface area contributed by atoms with Crippen molar-refractivity contribution in [3.05, 3.63) is 53.6 Å². The minimum absolute atomic E-state index is 0.231. The quantitative estimate of drug-likeness (QED) is 0.779. The molecule has 0 radical (unpaired) electrons. The minimum atomic E-state index is -3.69. The number of nitrogens with one attached hydrogen (secondary N) is 1. The van der Waals surface area contributed by atoms with E-state index in [4.69, 9.17) is 0 Å². The summed E-state index contributed by atoms with van der Waals surface area (Å²) < 4.78 is 52.1. The van der Waals surface area contributed by atoms with Gasteiger partial charge in [0.15, 0.2) is 0 Å². The molecule has 0 unspecified atom stereocenters. The maximum absolute atomic E-state index is 12.5. The Kier molecular flexibility index (Phi) is 5.10. The van der Waals surface area contributed by atoms with Gasteiger partial charge in [0.05, 0.1) is 4.90 Å². The van der Waals surface area contributed by atoms with Crippen molar-refractivity contribution in [2.24, 2.45) is 0 Å². The van der Waals surface area contributed by atoms with E-state index < -0.39 is 15.8 Å². The van der Waals surface area contributed by atoms with Gasteiger partial charge in [0, 0.05) is 10.6 Å². The molecule has 0 heterocycles. The molecule has 3 rings (SSSR count). The zero-order chi connectivity index (χ0) is 17.2. The van der Waals surface area contributed by atoms with Gasteiger partial charge in [-0.25, -0.2) is 8.42 Å². The van der Waals surface area contributed by atoms with Crippen LogP contribution < -0.4 is 4.72 Å². The number of hydrogen-bond acceptors (Lipinski definition) is 3. The van der Waals surface area contributed by atoms with E-state index in [1.807, 2.05) is 6.07 Å². The molecule has 2 aromatic rings. The van der Waals surface area contributed by atoms with Crippen LogP contribution in [-0.4, -0.2) is 14.2 Å². The lowest BCUT2D eigenvalue weighted by Crippen LogP contribution is -2.14. The highest BCUT2D eigenvalue weighted by atomic mass is 32.2. The fourth-order valence-corrected chi connectivity index (χ4v) is 4.40. The summed E-state index contributed by atoms with van der Waals surface area (Å²) in [7, 11) is -3.69. The Labute approximate surface area is 144 Å². The molecule has 1 N–H and O–H groups in total. The van der Waals surface area contributed by atoms with Gasteiger partial charge in [-0.05, 0) is 73.2 Å². The third-order valence-electron chi connectivity index (χ3n) is 3.96. The van der Waals surface area contributed by atoms with Crippen LogP contribution in [0.2, 0.25) is 0 Å². The highest BCUT2D eigenvalue weighted by Crippen LogP contribution is 2.28. The second-order valence-electron chi connectivity index (χ2n) is 5.65. The Bertz CT molecular complexity index is 821. The van der Waals surface area contributed by atoms with Crippen molar-refractivity contribution in [1.29, 1.82) is 0 Å². The SMILES string of the molecule is O=S(=O)(Nc1ccc(SC(F)F)cc1)c1ccc2c(c1)CCCC2. The van der Waals surface area contributed by atoms with Gasteiger partial charge in [-0.2, -0.15) is 8.78 Å². The van der Waals surface area contributed by atoms with Crippen LogP contribution in [0.3, 0.4) is 0 Å². The first-order chi connectivity index (χ1) is 11.4. The normalized spacial score (nSPS) is 14.5. The summed E-state index contributed by atoms with van der Waals surface area (Å²) in [6.07, 6.45) is 4.11. The van der Waals surface area contributed by atoms with E-state index in [-0.39, 0.29) is 4.90 Å². The van der Waals surface area contributed by atoms with Crippen molar-refractivity contribution < 1.29 is 17.2 Å². The summed E-state index contributed by atoms with van der Waals surface area (Å²) in [5.74, 6) is -2.50. The zero-order valence-corrected chi connectivity index (χ0v) is 14.5. The van der Waals surface area contributed by atoms with Gasteiger partial charge in [-0.1, -0.05) is 17.8 Å². The van der Waals surface area contributed by atoms with E-state index in [9.17, 15) is 17.2 Å². The summed E-state index contributed by atoms with van der Waals surface area (Å²) in [4.78, 5) is 0.621. The molecular weight excluding hydrogens is 352 g/mol. The second-order valence-corrected chi connectivity index (χ2v) is 8.39. The Morgan fingerprint density at radius 1 is 0.958 bits per heavy atom. The predicted molar refractivity (Wildman–Crippen MR) is 92.2 cm³/mol. The lowest BCUT2D eigenvalue weighted by atomic mass is 9.92. The summed E-state index contributed by atoms with van der Waals surface area (Å²) in [6.45, 7) is 0. The fourth-order valence-electron chi connectivity index (χ4n) is 2.80. The molecule has 0 aliphatic heterocycles. The van der Waals surface area contributed by atoms with Crippen LogP contribution in [0.1, 0.15) is 24.0 Å². The van der Waals surface area contributed by atoms with Crippen LogP contribution in [0.4, 0.5) is 14.5 Å². The predicted octanol–water partition coefficient (Wildman–Crippen LogP) is 4.68. The molecule has 0 atom stereocenters. The first-order valence-corrected chi connectivity index (χ1v) is 10.00. The molecule has 128 valence electrons. The third-order valence-corrected chi connectivity index (χ3v) is 6.06. The molecule has 0 saturated carbocycles. The molecule has 7 heteroatoms. The lowest BCUT2D eigenvalue weighted by molar-refractivity contribution is 0.252. The van der Waals surface area contributed by atoms with Gasteiger partial charge in [-0.3, -0.25) is 4.72 Å². The average Bonchev–Trinajstić information content (AvgIpc) is 2.55. The van der Waals surface area contributed by atoms with Crippen molar-refractivity contribution in [3.63, 3.8) is 0 Å². The van der Waals surface area contributed by atoms with E-state index >= 15 is 0 Å². The van der Waals surface area contributed by atoms with Crippen molar-refractivity contribution in [2.45, 2.75) is 41.2 Å². The number of benzene rings is 2. The van der Waals surface area contributed by atoms with Gasteiger partial charge in [-0.15, -0.1) is 0 Å². The van der Waals surface area contributed by atoms with Crippen molar-refractivity contribution in [2.75, 3.05) is 4.72 Å². The Balaban J connectivity index is 1.78. The smallest absolute Gasteiger partial charge is 0.280 e. The molecule has 1 aliphatic carbocycles. The lowest BCUT2D eigenvalue weighted by Gasteiger charge is -2.17. The summed E-state index contributed by atoms with van der Waals surface area (Å²) >= 11 is 0.426. The molecular formula is C17H17F2NO2S2. The van der Waals surface area contributed by atoms with E-state index in [0.29, 0.717) is 22.3 Å². The molecule has 24 heavy (non-hydrogen) atoms. The van der Waals surface area contributed by atoms with E-state index in [2.05, 4.69) is 4.72 Å². The van der Waals surface area contributed by atoms with Crippen molar-refractivity contribution in [3.8, 4) is 0 Å². The van der Waals surface area contributed by atoms with Gasteiger partial charge in [0.25, 0.3) is 15.8 Å². The number of anilines is 1. The van der Waals surface area contributed by atoms with Crippen molar-refractivity contribution in [1.82, 2.24) is 0 Å². The number of thioether (sulfide) groups is 1. The van der Waals surface area contributed by atoms with Crippen molar-refractivity contribution >= 4 is 27.5 Å². The monoisotopic (exact) mass is 369 g/mol. The minimum Gasteiger partial charge on any atom is -0.280 e.